The van der Waals surface area contributed by atoms with E-state index in [-0.39, 0.29) is 25.0 Å². The van der Waals surface area contributed by atoms with Gasteiger partial charge in [0.1, 0.15) is 13.2 Å². The van der Waals surface area contributed by atoms with Crippen molar-refractivity contribution in [2.24, 2.45) is 0 Å². The standard InChI is InChI=1S/C12H16N2O4.2C2H6/c1-17-7-11(15)13-9-4-3-5-10(6-9)14-12(16)8-18-2;2*1-2/h3-6H,7-8H2,1-2H3,(H,13,15)(H,14,16);2*1-2H3. The lowest BCUT2D eigenvalue weighted by atomic mass is 10.2. The number of amides is 2. The predicted octanol–water partition coefficient (Wildman–Crippen LogP) is 2.91. The second kappa shape index (κ2) is 15.5. The number of ether oxygens (including phenoxy) is 2. The molecule has 0 atom stereocenters. The van der Waals surface area contributed by atoms with Gasteiger partial charge in [-0.2, -0.15) is 0 Å². The van der Waals surface area contributed by atoms with E-state index >= 15 is 0 Å². The van der Waals surface area contributed by atoms with Crippen LogP contribution >= 0.6 is 0 Å². The van der Waals surface area contributed by atoms with Crippen LogP contribution in [0.5, 0.6) is 0 Å². The fraction of sp³-hybridized carbons (Fsp3) is 0.500. The van der Waals surface area contributed by atoms with Gasteiger partial charge >= 0.3 is 0 Å². The van der Waals surface area contributed by atoms with E-state index < -0.39 is 0 Å². The summed E-state index contributed by atoms with van der Waals surface area (Å²) in [6.07, 6.45) is 0. The van der Waals surface area contributed by atoms with Gasteiger partial charge < -0.3 is 20.1 Å². The molecular weight excluding hydrogens is 284 g/mol. The molecule has 1 aromatic carbocycles. The van der Waals surface area contributed by atoms with Crippen LogP contribution in [0.3, 0.4) is 0 Å². The average molecular weight is 312 g/mol. The van der Waals surface area contributed by atoms with Gasteiger partial charge in [-0.3, -0.25) is 9.59 Å². The van der Waals surface area contributed by atoms with E-state index in [1.54, 1.807) is 24.3 Å². The molecule has 0 saturated heterocycles. The minimum absolute atomic E-state index is 0.0136. The normalized spacial score (nSPS) is 8.64. The molecule has 0 heterocycles. The summed E-state index contributed by atoms with van der Waals surface area (Å²) in [7, 11) is 2.89. The van der Waals surface area contributed by atoms with Crippen LogP contribution < -0.4 is 10.6 Å². The topological polar surface area (TPSA) is 76.7 Å². The maximum Gasteiger partial charge on any atom is 0.250 e. The van der Waals surface area contributed by atoms with Gasteiger partial charge in [-0.1, -0.05) is 33.8 Å². The van der Waals surface area contributed by atoms with Gasteiger partial charge in [0.15, 0.2) is 0 Å². The summed E-state index contributed by atoms with van der Waals surface area (Å²) < 4.78 is 9.41. The highest BCUT2D eigenvalue weighted by molar-refractivity contribution is 5.94. The number of anilines is 2. The number of benzene rings is 1. The molecule has 126 valence electrons. The Morgan fingerprint density at radius 3 is 1.55 bits per heavy atom. The largest absolute Gasteiger partial charge is 0.375 e. The Labute approximate surface area is 133 Å². The second-order valence-electron chi connectivity index (χ2n) is 3.54. The maximum absolute atomic E-state index is 11.3. The molecule has 0 bridgehead atoms. The number of hydrogen-bond acceptors (Lipinski definition) is 4. The molecule has 0 unspecified atom stereocenters. The highest BCUT2D eigenvalue weighted by Gasteiger charge is 2.04. The van der Waals surface area contributed by atoms with E-state index in [2.05, 4.69) is 10.6 Å². The van der Waals surface area contributed by atoms with Crippen molar-refractivity contribution in [3.63, 3.8) is 0 Å². The highest BCUT2D eigenvalue weighted by atomic mass is 16.5. The Bertz CT molecular complexity index is 387. The smallest absolute Gasteiger partial charge is 0.250 e. The first-order valence-electron chi connectivity index (χ1n) is 7.33. The minimum atomic E-state index is -0.252. The summed E-state index contributed by atoms with van der Waals surface area (Å²) in [5.41, 5.74) is 1.18. The third-order valence-electron chi connectivity index (χ3n) is 1.98. The number of carbonyl (C=O) groups excluding carboxylic acids is 2. The number of nitrogens with one attached hydrogen (secondary N) is 2. The Kier molecular flexibility index (Phi) is 15.7. The molecule has 0 aromatic heterocycles. The molecule has 1 aromatic rings. The van der Waals surface area contributed by atoms with Gasteiger partial charge in [-0.25, -0.2) is 0 Å². The number of carbonyl (C=O) groups is 2. The van der Waals surface area contributed by atoms with Crippen molar-refractivity contribution in [3.8, 4) is 0 Å². The first kappa shape index (κ1) is 22.4. The number of methoxy groups -OCH3 is 2. The Morgan fingerprint density at radius 1 is 0.864 bits per heavy atom. The number of hydrogen-bond donors (Lipinski definition) is 2. The van der Waals surface area contributed by atoms with Gasteiger partial charge in [-0.15, -0.1) is 0 Å². The summed E-state index contributed by atoms with van der Waals surface area (Å²) in [5.74, 6) is -0.504. The molecular formula is C16H28N2O4. The molecule has 0 fully saturated rings. The summed E-state index contributed by atoms with van der Waals surface area (Å²) in [5, 5.41) is 5.28. The molecule has 6 heteroatoms. The van der Waals surface area contributed by atoms with Crippen molar-refractivity contribution in [1.82, 2.24) is 0 Å². The van der Waals surface area contributed by atoms with Crippen molar-refractivity contribution in [1.29, 1.82) is 0 Å². The van der Waals surface area contributed by atoms with E-state index in [0.717, 1.165) is 0 Å². The van der Waals surface area contributed by atoms with E-state index in [1.165, 1.54) is 14.2 Å². The molecule has 22 heavy (non-hydrogen) atoms. The summed E-state index contributed by atoms with van der Waals surface area (Å²) in [6.45, 7) is 7.97. The molecule has 0 aliphatic carbocycles. The molecule has 2 amide bonds. The average Bonchev–Trinajstić information content (AvgIpc) is 2.52. The zero-order valence-corrected chi connectivity index (χ0v) is 14.4. The summed E-state index contributed by atoms with van der Waals surface area (Å²) in [4.78, 5) is 22.6. The van der Waals surface area contributed by atoms with Gasteiger partial charge in [0.05, 0.1) is 0 Å². The second-order valence-corrected chi connectivity index (χ2v) is 3.54. The maximum atomic E-state index is 11.3. The van der Waals surface area contributed by atoms with Crippen LogP contribution in [0.2, 0.25) is 0 Å². The van der Waals surface area contributed by atoms with Crippen molar-refractivity contribution in [2.75, 3.05) is 38.1 Å². The zero-order chi connectivity index (χ0) is 17.4. The zero-order valence-electron chi connectivity index (χ0n) is 14.4. The minimum Gasteiger partial charge on any atom is -0.375 e. The van der Waals surface area contributed by atoms with Crippen LogP contribution in [0.4, 0.5) is 11.4 Å². The lowest BCUT2D eigenvalue weighted by Crippen LogP contribution is -2.18. The first-order valence-corrected chi connectivity index (χ1v) is 7.33. The van der Waals surface area contributed by atoms with Crippen molar-refractivity contribution in [2.45, 2.75) is 27.7 Å². The Hall–Kier alpha value is -1.92. The quantitative estimate of drug-likeness (QED) is 0.847. The van der Waals surface area contributed by atoms with Crippen LogP contribution in [-0.4, -0.2) is 39.2 Å². The fourth-order valence-electron chi connectivity index (χ4n) is 1.33. The predicted molar refractivity (Wildman–Crippen MR) is 90.1 cm³/mol. The molecule has 0 radical (unpaired) electrons. The van der Waals surface area contributed by atoms with Crippen LogP contribution in [0.15, 0.2) is 24.3 Å². The van der Waals surface area contributed by atoms with Gasteiger partial charge in [0.2, 0.25) is 11.8 Å². The Morgan fingerprint density at radius 2 is 1.23 bits per heavy atom. The molecule has 2 N–H and O–H groups in total. The highest BCUT2D eigenvalue weighted by Crippen LogP contribution is 2.14. The van der Waals surface area contributed by atoms with Crippen LogP contribution in [-0.2, 0) is 19.1 Å². The molecule has 0 spiro atoms. The summed E-state index contributed by atoms with van der Waals surface area (Å²) >= 11 is 0. The molecule has 0 aliphatic rings. The lowest BCUT2D eigenvalue weighted by Gasteiger charge is -2.08. The molecule has 6 nitrogen and oxygen atoms in total. The van der Waals surface area contributed by atoms with Gasteiger partial charge in [0, 0.05) is 25.6 Å². The van der Waals surface area contributed by atoms with Gasteiger partial charge in [-0.05, 0) is 18.2 Å². The monoisotopic (exact) mass is 312 g/mol. The van der Waals surface area contributed by atoms with Crippen molar-refractivity contribution in [3.05, 3.63) is 24.3 Å². The van der Waals surface area contributed by atoms with E-state index in [4.69, 9.17) is 9.47 Å². The SMILES string of the molecule is CC.CC.COCC(=O)Nc1cccc(NC(=O)COC)c1. The van der Waals surface area contributed by atoms with Crippen LogP contribution in [0, 0.1) is 0 Å². The first-order chi connectivity index (χ1) is 10.7. The van der Waals surface area contributed by atoms with E-state index in [1.807, 2.05) is 27.7 Å². The van der Waals surface area contributed by atoms with Crippen LogP contribution in [0.25, 0.3) is 0 Å². The third-order valence-corrected chi connectivity index (χ3v) is 1.98. The van der Waals surface area contributed by atoms with E-state index in [0.29, 0.717) is 11.4 Å². The fourth-order valence-corrected chi connectivity index (χ4v) is 1.33. The van der Waals surface area contributed by atoms with Crippen molar-refractivity contribution >= 4 is 23.2 Å². The molecule has 0 aliphatic heterocycles. The van der Waals surface area contributed by atoms with Crippen molar-refractivity contribution < 1.29 is 19.1 Å². The van der Waals surface area contributed by atoms with Crippen LogP contribution in [0.1, 0.15) is 27.7 Å². The van der Waals surface area contributed by atoms with E-state index in [9.17, 15) is 9.59 Å². The van der Waals surface area contributed by atoms with Gasteiger partial charge in [0.25, 0.3) is 0 Å². The molecule has 0 saturated carbocycles. The number of rotatable bonds is 6. The molecule has 1 rings (SSSR count). The lowest BCUT2D eigenvalue weighted by molar-refractivity contribution is -0.120. The third kappa shape index (κ3) is 10.8. The Balaban J connectivity index is 0. The summed E-state index contributed by atoms with van der Waals surface area (Å²) in [6, 6.07) is 6.82.